The maximum atomic E-state index is 13.7. The van der Waals surface area contributed by atoms with Gasteiger partial charge in [-0.2, -0.15) is 0 Å². The van der Waals surface area contributed by atoms with Crippen LogP contribution in [0.4, 0.5) is 0 Å². The minimum Gasteiger partial charge on any atom is -0.493 e. The van der Waals surface area contributed by atoms with Crippen molar-refractivity contribution in [3.63, 3.8) is 0 Å². The predicted octanol–water partition coefficient (Wildman–Crippen LogP) is 5.34. The smallest absolute Gasteiger partial charge is 0.242 e. The van der Waals surface area contributed by atoms with Crippen LogP contribution in [0.3, 0.4) is 0 Å². The Morgan fingerprint density at radius 2 is 1.76 bits per heavy atom. The Kier molecular flexibility index (Phi) is 13.5. The highest BCUT2D eigenvalue weighted by Gasteiger charge is 2.26. The van der Waals surface area contributed by atoms with E-state index in [9.17, 15) is 9.59 Å². The van der Waals surface area contributed by atoms with Crippen LogP contribution in [0.2, 0.25) is 0 Å². The molecule has 0 saturated carbocycles. The summed E-state index contributed by atoms with van der Waals surface area (Å²) in [7, 11) is 4.85. The second-order valence-electron chi connectivity index (χ2n) is 9.28. The minimum absolute atomic E-state index is 0.0495. The molecule has 2 rings (SSSR count). The number of amides is 2. The number of nitrogens with zero attached hydrogens (tertiary/aromatic N) is 2. The number of carbonyl (C=O) groups excluding carboxylic acids is 2. The standard InChI is InChI=1S/C29H44N2O5S/c1-7-9-10-24(8-2)29(33)31(16-17-34-4)21-28(32)30(20-27-22(3)14-18-37-27)15-13-23-11-12-25(35-5)26(19-23)36-6/h11-12,14,18-19,24H,7-10,13,15-17,20-21H2,1-6H3. The summed E-state index contributed by atoms with van der Waals surface area (Å²) in [5, 5.41) is 2.05. The van der Waals surface area contributed by atoms with Crippen molar-refractivity contribution in [3.8, 4) is 11.5 Å². The van der Waals surface area contributed by atoms with E-state index in [1.54, 1.807) is 37.6 Å². The van der Waals surface area contributed by atoms with Gasteiger partial charge in [-0.1, -0.05) is 32.8 Å². The Balaban J connectivity index is 2.22. The van der Waals surface area contributed by atoms with Crippen LogP contribution < -0.4 is 9.47 Å². The topological polar surface area (TPSA) is 68.3 Å². The number of methoxy groups -OCH3 is 3. The number of thiophene rings is 1. The number of hydrogen-bond acceptors (Lipinski definition) is 6. The fourth-order valence-corrected chi connectivity index (χ4v) is 5.20. The molecule has 206 valence electrons. The van der Waals surface area contributed by atoms with Crippen LogP contribution in [0, 0.1) is 12.8 Å². The van der Waals surface area contributed by atoms with Crippen molar-refractivity contribution in [1.82, 2.24) is 9.80 Å². The first-order valence-electron chi connectivity index (χ1n) is 13.2. The molecule has 0 aliphatic heterocycles. The van der Waals surface area contributed by atoms with Gasteiger partial charge in [0.1, 0.15) is 0 Å². The van der Waals surface area contributed by atoms with Gasteiger partial charge >= 0.3 is 0 Å². The van der Waals surface area contributed by atoms with Crippen molar-refractivity contribution >= 4 is 23.2 Å². The minimum atomic E-state index is -0.0654. The van der Waals surface area contributed by atoms with Gasteiger partial charge in [-0.3, -0.25) is 9.59 Å². The van der Waals surface area contributed by atoms with E-state index in [1.807, 2.05) is 30.0 Å². The monoisotopic (exact) mass is 532 g/mol. The zero-order valence-electron chi connectivity index (χ0n) is 23.4. The molecule has 0 fully saturated rings. The molecule has 7 nitrogen and oxygen atoms in total. The average molecular weight is 533 g/mol. The van der Waals surface area contributed by atoms with Gasteiger partial charge in [0.05, 0.1) is 33.9 Å². The number of unbranched alkanes of at least 4 members (excludes halogenated alkanes) is 1. The van der Waals surface area contributed by atoms with E-state index in [2.05, 4.69) is 25.3 Å². The van der Waals surface area contributed by atoms with E-state index in [-0.39, 0.29) is 24.3 Å². The Morgan fingerprint density at radius 1 is 1.00 bits per heavy atom. The molecule has 1 unspecified atom stereocenters. The van der Waals surface area contributed by atoms with Crippen molar-refractivity contribution in [2.24, 2.45) is 5.92 Å². The maximum Gasteiger partial charge on any atom is 0.242 e. The Bertz CT molecular complexity index is 977. The molecule has 0 radical (unpaired) electrons. The van der Waals surface area contributed by atoms with E-state index in [0.717, 1.165) is 36.1 Å². The fraction of sp³-hybridized carbons (Fsp3) is 0.586. The Hall–Kier alpha value is -2.58. The molecule has 2 aromatic rings. The number of rotatable bonds is 17. The zero-order valence-corrected chi connectivity index (χ0v) is 24.2. The SMILES string of the molecule is CCCCC(CC)C(=O)N(CCOC)CC(=O)N(CCc1ccc(OC)c(OC)c1)Cc1sccc1C. The summed E-state index contributed by atoms with van der Waals surface area (Å²) in [6.45, 7) is 8.16. The highest BCUT2D eigenvalue weighted by atomic mass is 32.1. The van der Waals surface area contributed by atoms with Gasteiger partial charge in [0.15, 0.2) is 11.5 Å². The van der Waals surface area contributed by atoms with Gasteiger partial charge in [0, 0.05) is 31.0 Å². The van der Waals surface area contributed by atoms with Crippen LogP contribution in [-0.4, -0.2) is 69.2 Å². The molecule has 1 aromatic heterocycles. The van der Waals surface area contributed by atoms with Gasteiger partial charge < -0.3 is 24.0 Å². The number of ether oxygens (including phenoxy) is 3. The van der Waals surface area contributed by atoms with Crippen LogP contribution in [0.1, 0.15) is 55.5 Å². The lowest BCUT2D eigenvalue weighted by Gasteiger charge is -2.30. The number of carbonyl (C=O) groups is 2. The summed E-state index contributed by atoms with van der Waals surface area (Å²) in [5.74, 6) is 1.27. The van der Waals surface area contributed by atoms with Gasteiger partial charge in [-0.25, -0.2) is 0 Å². The molecule has 0 bridgehead atoms. The molecule has 0 N–H and O–H groups in total. The van der Waals surface area contributed by atoms with Crippen LogP contribution in [0.5, 0.6) is 11.5 Å². The number of hydrogen-bond donors (Lipinski definition) is 0. The van der Waals surface area contributed by atoms with Crippen molar-refractivity contribution in [1.29, 1.82) is 0 Å². The van der Waals surface area contributed by atoms with E-state index >= 15 is 0 Å². The first-order valence-corrected chi connectivity index (χ1v) is 14.1. The zero-order chi connectivity index (χ0) is 27.2. The largest absolute Gasteiger partial charge is 0.493 e. The first-order chi connectivity index (χ1) is 17.9. The van der Waals surface area contributed by atoms with Crippen LogP contribution in [-0.2, 0) is 27.3 Å². The third-order valence-corrected chi connectivity index (χ3v) is 7.73. The van der Waals surface area contributed by atoms with Crippen molar-refractivity contribution in [2.45, 2.75) is 59.4 Å². The normalized spacial score (nSPS) is 11.7. The Labute approximate surface area is 226 Å². The third-order valence-electron chi connectivity index (χ3n) is 6.72. The molecule has 0 aliphatic rings. The lowest BCUT2D eigenvalue weighted by Crippen LogP contribution is -2.46. The summed E-state index contributed by atoms with van der Waals surface area (Å²) in [6, 6.07) is 7.90. The van der Waals surface area contributed by atoms with Gasteiger partial charge in [0.25, 0.3) is 0 Å². The molecule has 0 spiro atoms. The average Bonchev–Trinajstić information content (AvgIpc) is 3.32. The lowest BCUT2D eigenvalue weighted by atomic mass is 9.97. The summed E-state index contributed by atoms with van der Waals surface area (Å²) in [4.78, 5) is 31.8. The van der Waals surface area contributed by atoms with Gasteiger partial charge in [-0.15, -0.1) is 11.3 Å². The number of aryl methyl sites for hydroxylation is 1. The quantitative estimate of drug-likeness (QED) is 0.275. The second kappa shape index (κ2) is 16.3. The van der Waals surface area contributed by atoms with E-state index in [4.69, 9.17) is 14.2 Å². The highest BCUT2D eigenvalue weighted by Crippen LogP contribution is 2.28. The van der Waals surface area contributed by atoms with Crippen LogP contribution >= 0.6 is 11.3 Å². The van der Waals surface area contributed by atoms with Crippen LogP contribution in [0.25, 0.3) is 0 Å². The third kappa shape index (κ3) is 9.34. The van der Waals surface area contributed by atoms with Gasteiger partial charge in [0.2, 0.25) is 11.8 Å². The Morgan fingerprint density at radius 3 is 2.35 bits per heavy atom. The maximum absolute atomic E-state index is 13.7. The molecule has 1 heterocycles. The second-order valence-corrected chi connectivity index (χ2v) is 10.3. The molecule has 37 heavy (non-hydrogen) atoms. The first kappa shape index (κ1) is 30.6. The van der Waals surface area contributed by atoms with Crippen LogP contribution in [0.15, 0.2) is 29.6 Å². The van der Waals surface area contributed by atoms with Crippen molar-refractivity contribution < 1.29 is 23.8 Å². The van der Waals surface area contributed by atoms with Crippen molar-refractivity contribution in [3.05, 3.63) is 45.6 Å². The fourth-order valence-electron chi connectivity index (χ4n) is 4.27. The molecule has 0 saturated heterocycles. The van der Waals surface area contributed by atoms with E-state index < -0.39 is 0 Å². The molecular weight excluding hydrogens is 488 g/mol. The number of benzene rings is 1. The summed E-state index contributed by atoms with van der Waals surface area (Å²) < 4.78 is 16.1. The summed E-state index contributed by atoms with van der Waals surface area (Å²) in [5.41, 5.74) is 2.23. The predicted molar refractivity (Wildman–Crippen MR) is 149 cm³/mol. The molecule has 2 amide bonds. The van der Waals surface area contributed by atoms with Gasteiger partial charge in [-0.05, 0) is 60.9 Å². The van der Waals surface area contributed by atoms with Crippen molar-refractivity contribution in [2.75, 3.05) is 47.6 Å². The summed E-state index contributed by atoms with van der Waals surface area (Å²) >= 11 is 1.65. The molecule has 1 atom stereocenters. The molecule has 8 heteroatoms. The highest BCUT2D eigenvalue weighted by molar-refractivity contribution is 7.10. The lowest BCUT2D eigenvalue weighted by molar-refractivity contribution is -0.144. The summed E-state index contributed by atoms with van der Waals surface area (Å²) in [6.07, 6.45) is 4.34. The van der Waals surface area contributed by atoms with E-state index in [1.165, 1.54) is 5.56 Å². The van der Waals surface area contributed by atoms with E-state index in [0.29, 0.717) is 44.2 Å². The molecular formula is C29H44N2O5S. The molecule has 1 aromatic carbocycles. The molecule has 0 aliphatic carbocycles.